The first-order valence-electron chi connectivity index (χ1n) is 20.5. The van der Waals surface area contributed by atoms with E-state index in [4.69, 9.17) is 4.74 Å². The highest BCUT2D eigenvalue weighted by atomic mass is 28.3. The van der Waals surface area contributed by atoms with Gasteiger partial charge in [-0.2, -0.15) is 0 Å². The van der Waals surface area contributed by atoms with Crippen LogP contribution in [0.4, 0.5) is 0 Å². The van der Waals surface area contributed by atoms with Crippen LogP contribution in [0.15, 0.2) is 218 Å². The molecule has 0 atom stereocenters. The fourth-order valence-corrected chi connectivity index (χ4v) is 21.3. The van der Waals surface area contributed by atoms with Crippen LogP contribution in [0.3, 0.4) is 0 Å². The highest BCUT2D eigenvalue weighted by Gasteiger charge is 2.50. The SMILES string of the molecule is COc1ccc(-n2c3ccc([Si]4(c5ccccc5)c5ccccc5-c5ccccc54)cc3c3cc([Si]4(c5ccccc5)c5ccccc5-c5ccccc54)ccc32)cc1. The summed E-state index contributed by atoms with van der Waals surface area (Å²) in [5, 5.41) is 14.0. The van der Waals surface area contributed by atoms with Gasteiger partial charge in [-0.3, -0.25) is 0 Å². The van der Waals surface area contributed by atoms with E-state index < -0.39 is 16.1 Å². The second-order valence-electron chi connectivity index (χ2n) is 15.9. The molecule has 0 unspecified atom stereocenters. The van der Waals surface area contributed by atoms with Crippen LogP contribution in [0, 0.1) is 0 Å². The largest absolute Gasteiger partial charge is 0.497 e. The molecule has 0 radical (unpaired) electrons. The first-order valence-corrected chi connectivity index (χ1v) is 24.5. The Bertz CT molecular complexity index is 2970. The molecule has 0 spiro atoms. The molecule has 2 aliphatic rings. The van der Waals surface area contributed by atoms with Crippen LogP contribution in [0.2, 0.25) is 0 Å². The monoisotopic (exact) mass is 785 g/mol. The summed E-state index contributed by atoms with van der Waals surface area (Å²) in [7, 11) is -3.73. The fourth-order valence-electron chi connectivity index (χ4n) is 10.9. The molecule has 9 aromatic carbocycles. The van der Waals surface area contributed by atoms with E-state index in [1.165, 1.54) is 85.6 Å². The number of nitrogens with zero attached hydrogens (tertiary/aromatic N) is 1. The number of fused-ring (bicyclic) bond motifs is 9. The molecular formula is C55H39NOSi2. The van der Waals surface area contributed by atoms with E-state index in [1.54, 1.807) is 7.11 Å². The summed E-state index contributed by atoms with van der Waals surface area (Å²) in [5.74, 6) is 0.850. The van der Waals surface area contributed by atoms with Gasteiger partial charge in [-0.25, -0.2) is 0 Å². The van der Waals surface area contributed by atoms with Crippen molar-refractivity contribution in [1.82, 2.24) is 4.57 Å². The Balaban J connectivity index is 1.20. The second kappa shape index (κ2) is 13.0. The van der Waals surface area contributed by atoms with Crippen molar-refractivity contribution in [3.63, 3.8) is 0 Å². The van der Waals surface area contributed by atoms with Crippen molar-refractivity contribution in [2.75, 3.05) is 7.11 Å². The van der Waals surface area contributed by atoms with Crippen molar-refractivity contribution in [1.29, 1.82) is 0 Å². The number of benzene rings is 9. The van der Waals surface area contributed by atoms with Crippen molar-refractivity contribution in [3.05, 3.63) is 218 Å². The molecule has 2 aliphatic heterocycles. The molecule has 0 amide bonds. The van der Waals surface area contributed by atoms with Gasteiger partial charge < -0.3 is 9.30 Å². The van der Waals surface area contributed by atoms with Gasteiger partial charge in [-0.15, -0.1) is 0 Å². The van der Waals surface area contributed by atoms with Crippen molar-refractivity contribution < 1.29 is 4.74 Å². The van der Waals surface area contributed by atoms with Gasteiger partial charge in [0.25, 0.3) is 0 Å². The van der Waals surface area contributed by atoms with E-state index in [0.717, 1.165) is 11.4 Å². The fraction of sp³-hybridized carbons (Fsp3) is 0.0182. The van der Waals surface area contributed by atoms with Crippen LogP contribution in [-0.2, 0) is 0 Å². The smallest absolute Gasteiger partial charge is 0.180 e. The summed E-state index contributed by atoms with van der Waals surface area (Å²) in [5.41, 5.74) is 8.94. The first-order chi connectivity index (χ1) is 29.2. The molecule has 3 heterocycles. The molecule has 59 heavy (non-hydrogen) atoms. The third-order valence-corrected chi connectivity index (χ3v) is 23.0. The van der Waals surface area contributed by atoms with Gasteiger partial charge in [0.2, 0.25) is 0 Å². The lowest BCUT2D eigenvalue weighted by Crippen LogP contribution is -2.72. The van der Waals surface area contributed by atoms with Crippen molar-refractivity contribution in [2.45, 2.75) is 0 Å². The van der Waals surface area contributed by atoms with Gasteiger partial charge in [0, 0.05) is 16.5 Å². The summed E-state index contributed by atoms with van der Waals surface area (Å²) in [4.78, 5) is 0. The van der Waals surface area contributed by atoms with E-state index >= 15 is 0 Å². The van der Waals surface area contributed by atoms with Crippen LogP contribution >= 0.6 is 0 Å². The molecule has 12 rings (SSSR count). The number of ether oxygens (including phenoxy) is 1. The van der Waals surface area contributed by atoms with E-state index in [-0.39, 0.29) is 0 Å². The number of hydrogen-bond acceptors (Lipinski definition) is 1. The molecule has 0 bridgehead atoms. The first kappa shape index (κ1) is 34.1. The molecule has 10 aromatic rings. The van der Waals surface area contributed by atoms with Crippen molar-refractivity contribution >= 4 is 79.4 Å². The Morgan fingerprint density at radius 3 is 1.07 bits per heavy atom. The second-order valence-corrected chi connectivity index (χ2v) is 23.4. The number of methoxy groups -OCH3 is 1. The molecule has 0 aliphatic carbocycles. The van der Waals surface area contributed by atoms with E-state index in [9.17, 15) is 0 Å². The Labute approximate surface area is 346 Å². The predicted molar refractivity (Wildman–Crippen MR) is 253 cm³/mol. The third-order valence-electron chi connectivity index (χ3n) is 13.3. The van der Waals surface area contributed by atoms with Crippen LogP contribution < -0.4 is 46.2 Å². The molecule has 0 fully saturated rings. The van der Waals surface area contributed by atoms with Crippen LogP contribution in [0.1, 0.15) is 0 Å². The van der Waals surface area contributed by atoms with Crippen LogP contribution in [0.25, 0.3) is 49.7 Å². The normalized spacial score (nSPS) is 14.1. The summed E-state index contributed by atoms with van der Waals surface area (Å²) in [6.45, 7) is 0. The lowest BCUT2D eigenvalue weighted by molar-refractivity contribution is 0.415. The highest BCUT2D eigenvalue weighted by Crippen LogP contribution is 2.36. The quantitative estimate of drug-likeness (QED) is 0.159. The average molecular weight is 786 g/mol. The summed E-state index contributed by atoms with van der Waals surface area (Å²) < 4.78 is 8.08. The van der Waals surface area contributed by atoms with E-state index in [1.807, 2.05) is 0 Å². The van der Waals surface area contributed by atoms with Crippen LogP contribution in [-0.4, -0.2) is 27.8 Å². The minimum absolute atomic E-state index is 0.850. The van der Waals surface area contributed by atoms with E-state index in [0.29, 0.717) is 0 Å². The van der Waals surface area contributed by atoms with Crippen molar-refractivity contribution in [2.24, 2.45) is 0 Å². The molecule has 0 saturated carbocycles. The van der Waals surface area contributed by atoms with Crippen LogP contribution in [0.5, 0.6) is 5.75 Å². The molecule has 4 heteroatoms. The maximum Gasteiger partial charge on any atom is 0.180 e. The molecule has 278 valence electrons. The highest BCUT2D eigenvalue weighted by molar-refractivity contribution is 7.23. The zero-order valence-electron chi connectivity index (χ0n) is 32.6. The van der Waals surface area contributed by atoms with Gasteiger partial charge in [0.05, 0.1) is 18.1 Å². The Morgan fingerprint density at radius 2 is 0.695 bits per heavy atom. The minimum atomic E-state index is -2.73. The molecule has 0 N–H and O–H groups in total. The van der Waals surface area contributed by atoms with Gasteiger partial charge in [0.15, 0.2) is 16.1 Å². The maximum absolute atomic E-state index is 5.63. The number of hydrogen-bond donors (Lipinski definition) is 0. The van der Waals surface area contributed by atoms with Gasteiger partial charge >= 0.3 is 0 Å². The van der Waals surface area contributed by atoms with Gasteiger partial charge in [-0.05, 0) is 100 Å². The average Bonchev–Trinajstić information content (AvgIpc) is 3.92. The topological polar surface area (TPSA) is 14.2 Å². The maximum atomic E-state index is 5.63. The predicted octanol–water partition coefficient (Wildman–Crippen LogP) is 7.51. The van der Waals surface area contributed by atoms with Crippen molar-refractivity contribution in [3.8, 4) is 33.7 Å². The number of aromatic nitrogens is 1. The molecule has 1 aromatic heterocycles. The minimum Gasteiger partial charge on any atom is -0.497 e. The van der Waals surface area contributed by atoms with E-state index in [2.05, 4.69) is 223 Å². The standard InChI is InChI=1S/C55H39NOSi2/c1-57-39-30-28-38(29-31-39)56-50-34-32-42(58(40-16-4-2-5-17-40)52-24-12-8-20-44(52)45-21-9-13-25-53(45)58)36-48(50)49-37-43(33-35-51(49)56)59(41-18-6-3-7-19-41)54-26-14-10-22-46(54)47-23-11-15-27-55(47)59/h2-37H,1H3. The Hall–Kier alpha value is -6.99. The lowest BCUT2D eigenvalue weighted by Gasteiger charge is -2.31. The molecule has 2 nitrogen and oxygen atoms in total. The third kappa shape index (κ3) is 4.61. The van der Waals surface area contributed by atoms with Gasteiger partial charge in [-0.1, -0.05) is 182 Å². The number of rotatable bonds is 6. The molecule has 0 saturated heterocycles. The zero-order valence-corrected chi connectivity index (χ0v) is 34.6. The van der Waals surface area contributed by atoms with Gasteiger partial charge in [0.1, 0.15) is 5.75 Å². The summed E-state index contributed by atoms with van der Waals surface area (Å²) in [6, 6.07) is 82.7. The summed E-state index contributed by atoms with van der Waals surface area (Å²) >= 11 is 0. The Morgan fingerprint density at radius 1 is 0.339 bits per heavy atom. The summed E-state index contributed by atoms with van der Waals surface area (Å²) in [6.07, 6.45) is 0. The molecular weight excluding hydrogens is 747 g/mol. The zero-order chi connectivity index (χ0) is 39.1. The lowest BCUT2D eigenvalue weighted by atomic mass is 10.1. The Kier molecular flexibility index (Phi) is 7.52.